The Kier molecular flexibility index (Phi) is 7.80. The minimum atomic E-state index is -4.98. The van der Waals surface area contributed by atoms with E-state index in [1.807, 2.05) is 6.07 Å². The number of rotatable bonds is 8. The summed E-state index contributed by atoms with van der Waals surface area (Å²) in [4.78, 5) is 11.6. The molecule has 2 aromatic carbocycles. The summed E-state index contributed by atoms with van der Waals surface area (Å²) < 4.78 is 58.9. The fourth-order valence-corrected chi connectivity index (χ4v) is 2.41. The molecule has 2 unspecified atom stereocenters. The monoisotopic (exact) mass is 417 g/mol. The van der Waals surface area contributed by atoms with Gasteiger partial charge in [0.05, 0.1) is 6.10 Å². The SMILES string of the molecule is O=C(NCCC(O)C(O)c1ccc(OC(F)(F)F)cc1F)OCc1ccccc1. The first-order chi connectivity index (χ1) is 13.7. The maximum absolute atomic E-state index is 13.9. The van der Waals surface area contributed by atoms with E-state index < -0.39 is 41.8 Å². The highest BCUT2D eigenvalue weighted by atomic mass is 19.4. The summed E-state index contributed by atoms with van der Waals surface area (Å²) in [6.45, 7) is -0.0296. The van der Waals surface area contributed by atoms with E-state index in [1.54, 1.807) is 24.3 Å². The van der Waals surface area contributed by atoms with E-state index >= 15 is 0 Å². The zero-order valence-corrected chi connectivity index (χ0v) is 15.0. The van der Waals surface area contributed by atoms with Crippen LogP contribution in [0.4, 0.5) is 22.4 Å². The van der Waals surface area contributed by atoms with Crippen molar-refractivity contribution in [1.29, 1.82) is 0 Å². The van der Waals surface area contributed by atoms with Crippen molar-refractivity contribution in [2.45, 2.75) is 31.6 Å². The quantitative estimate of drug-likeness (QED) is 0.573. The third-order valence-electron chi connectivity index (χ3n) is 3.81. The van der Waals surface area contributed by atoms with Crippen LogP contribution < -0.4 is 10.1 Å². The van der Waals surface area contributed by atoms with Gasteiger partial charge in [-0.15, -0.1) is 13.2 Å². The van der Waals surface area contributed by atoms with Gasteiger partial charge in [-0.1, -0.05) is 30.3 Å². The maximum atomic E-state index is 13.9. The van der Waals surface area contributed by atoms with E-state index in [0.717, 1.165) is 17.7 Å². The standard InChI is InChI=1S/C19H19F4NO5/c20-15-10-13(29-19(21,22)23)6-7-14(15)17(26)16(25)8-9-24-18(27)28-11-12-4-2-1-3-5-12/h1-7,10,16-17,25-26H,8-9,11H2,(H,24,27). The molecule has 0 radical (unpaired) electrons. The molecular formula is C19H19F4NO5. The second-order valence-corrected chi connectivity index (χ2v) is 6.02. The maximum Gasteiger partial charge on any atom is 0.573 e. The number of aliphatic hydroxyl groups excluding tert-OH is 2. The summed E-state index contributed by atoms with van der Waals surface area (Å²) in [6.07, 6.45) is -9.06. The Bertz CT molecular complexity index is 801. The van der Waals surface area contributed by atoms with Crippen molar-refractivity contribution < 1.29 is 42.0 Å². The minimum Gasteiger partial charge on any atom is -0.445 e. The highest BCUT2D eigenvalue weighted by Gasteiger charge is 2.31. The van der Waals surface area contributed by atoms with Gasteiger partial charge in [-0.25, -0.2) is 9.18 Å². The number of carbonyl (C=O) groups excluding carboxylic acids is 1. The second kappa shape index (κ2) is 10.1. The number of hydrogen-bond acceptors (Lipinski definition) is 5. The van der Waals surface area contributed by atoms with Crippen molar-refractivity contribution in [3.63, 3.8) is 0 Å². The lowest BCUT2D eigenvalue weighted by molar-refractivity contribution is -0.274. The average molecular weight is 417 g/mol. The van der Waals surface area contributed by atoms with Gasteiger partial charge in [-0.05, 0) is 24.1 Å². The molecule has 10 heteroatoms. The van der Waals surface area contributed by atoms with Crippen LogP contribution in [0.25, 0.3) is 0 Å². The molecule has 0 saturated carbocycles. The number of benzene rings is 2. The Labute approximate surface area is 163 Å². The van der Waals surface area contributed by atoms with Gasteiger partial charge in [0.15, 0.2) is 0 Å². The van der Waals surface area contributed by atoms with Crippen LogP contribution in [0.2, 0.25) is 0 Å². The van der Waals surface area contributed by atoms with Crippen molar-refractivity contribution in [2.75, 3.05) is 6.54 Å². The molecule has 0 spiro atoms. The van der Waals surface area contributed by atoms with Gasteiger partial charge in [-0.3, -0.25) is 0 Å². The molecule has 1 amide bonds. The minimum absolute atomic E-state index is 0.0510. The fourth-order valence-electron chi connectivity index (χ4n) is 2.41. The van der Waals surface area contributed by atoms with Crippen LogP contribution in [0.5, 0.6) is 5.75 Å². The lowest BCUT2D eigenvalue weighted by atomic mass is 10.0. The predicted octanol–water partition coefficient (Wildman–Crippen LogP) is 3.44. The summed E-state index contributed by atoms with van der Waals surface area (Å²) >= 11 is 0. The van der Waals surface area contributed by atoms with Crippen LogP contribution in [0.15, 0.2) is 48.5 Å². The fraction of sp³-hybridized carbons (Fsp3) is 0.316. The summed E-state index contributed by atoms with van der Waals surface area (Å²) in [6, 6.07) is 11.1. The number of hydrogen-bond donors (Lipinski definition) is 3. The summed E-state index contributed by atoms with van der Waals surface area (Å²) in [7, 11) is 0. The van der Waals surface area contributed by atoms with Gasteiger partial charge in [0.2, 0.25) is 0 Å². The van der Waals surface area contributed by atoms with Crippen LogP contribution in [-0.4, -0.2) is 35.3 Å². The Morgan fingerprint density at radius 3 is 2.41 bits per heavy atom. The molecule has 0 aliphatic carbocycles. The second-order valence-electron chi connectivity index (χ2n) is 6.02. The van der Waals surface area contributed by atoms with Crippen molar-refractivity contribution in [3.05, 3.63) is 65.5 Å². The number of alkyl carbamates (subject to hydrolysis) is 1. The van der Waals surface area contributed by atoms with Gasteiger partial charge in [0.25, 0.3) is 0 Å². The van der Waals surface area contributed by atoms with Crippen molar-refractivity contribution in [2.24, 2.45) is 0 Å². The van der Waals surface area contributed by atoms with Crippen LogP contribution in [0.1, 0.15) is 23.7 Å². The van der Waals surface area contributed by atoms with E-state index in [1.165, 1.54) is 0 Å². The smallest absolute Gasteiger partial charge is 0.445 e. The van der Waals surface area contributed by atoms with E-state index in [4.69, 9.17) is 4.74 Å². The molecule has 0 aliphatic heterocycles. The highest BCUT2D eigenvalue weighted by Crippen LogP contribution is 2.28. The largest absolute Gasteiger partial charge is 0.573 e. The molecule has 29 heavy (non-hydrogen) atoms. The molecule has 158 valence electrons. The number of carbonyl (C=O) groups is 1. The first kappa shape index (κ1) is 22.4. The molecule has 0 heterocycles. The molecular weight excluding hydrogens is 398 g/mol. The number of alkyl halides is 3. The molecule has 2 atom stereocenters. The lowest BCUT2D eigenvalue weighted by Crippen LogP contribution is -2.30. The molecule has 2 rings (SSSR count). The summed E-state index contributed by atoms with van der Waals surface area (Å²) in [5.41, 5.74) is 0.380. The number of aliphatic hydroxyl groups is 2. The van der Waals surface area contributed by atoms with Gasteiger partial charge < -0.3 is 25.0 Å². The summed E-state index contributed by atoms with van der Waals surface area (Å²) in [5, 5.41) is 22.3. The highest BCUT2D eigenvalue weighted by molar-refractivity contribution is 5.67. The zero-order chi connectivity index (χ0) is 21.4. The Balaban J connectivity index is 1.79. The molecule has 0 bridgehead atoms. The van der Waals surface area contributed by atoms with Gasteiger partial charge in [0, 0.05) is 18.2 Å². The average Bonchev–Trinajstić information content (AvgIpc) is 2.65. The third kappa shape index (κ3) is 7.59. The van der Waals surface area contributed by atoms with E-state index in [9.17, 15) is 32.6 Å². The van der Waals surface area contributed by atoms with Crippen molar-refractivity contribution in [1.82, 2.24) is 5.32 Å². The zero-order valence-electron chi connectivity index (χ0n) is 15.0. The lowest BCUT2D eigenvalue weighted by Gasteiger charge is -2.19. The first-order valence-corrected chi connectivity index (χ1v) is 8.51. The van der Waals surface area contributed by atoms with Crippen molar-refractivity contribution >= 4 is 6.09 Å². The van der Waals surface area contributed by atoms with Crippen LogP contribution in [0, 0.1) is 5.82 Å². The Hall–Kier alpha value is -2.85. The number of amides is 1. The third-order valence-corrected chi connectivity index (χ3v) is 3.81. The van der Waals surface area contributed by atoms with E-state index in [0.29, 0.717) is 6.07 Å². The first-order valence-electron chi connectivity index (χ1n) is 8.51. The number of nitrogens with one attached hydrogen (secondary N) is 1. The molecule has 0 aromatic heterocycles. The van der Waals surface area contributed by atoms with Gasteiger partial charge in [0.1, 0.15) is 24.3 Å². The number of ether oxygens (including phenoxy) is 2. The van der Waals surface area contributed by atoms with Crippen LogP contribution in [-0.2, 0) is 11.3 Å². The Morgan fingerprint density at radius 2 is 1.79 bits per heavy atom. The van der Waals surface area contributed by atoms with E-state index in [-0.39, 0.29) is 19.6 Å². The molecule has 3 N–H and O–H groups in total. The summed E-state index contributed by atoms with van der Waals surface area (Å²) in [5.74, 6) is -1.96. The van der Waals surface area contributed by atoms with Crippen molar-refractivity contribution in [3.8, 4) is 5.75 Å². The topological polar surface area (TPSA) is 88.0 Å². The Morgan fingerprint density at radius 1 is 1.10 bits per heavy atom. The predicted molar refractivity (Wildman–Crippen MR) is 93.3 cm³/mol. The molecule has 6 nitrogen and oxygen atoms in total. The van der Waals surface area contributed by atoms with Gasteiger partial charge in [-0.2, -0.15) is 0 Å². The number of halogens is 4. The van der Waals surface area contributed by atoms with Crippen LogP contribution in [0.3, 0.4) is 0 Å². The molecule has 0 aliphatic rings. The van der Waals surface area contributed by atoms with Crippen LogP contribution >= 0.6 is 0 Å². The molecule has 0 fully saturated rings. The normalized spacial score (nSPS) is 13.4. The van der Waals surface area contributed by atoms with E-state index in [2.05, 4.69) is 10.1 Å². The van der Waals surface area contributed by atoms with Gasteiger partial charge >= 0.3 is 12.5 Å². The molecule has 0 saturated heterocycles. The molecule has 2 aromatic rings.